The molecule has 0 saturated heterocycles. The van der Waals surface area contributed by atoms with Crippen LogP contribution in [0, 0.1) is 10.1 Å². The minimum absolute atomic E-state index is 0.0516. The highest BCUT2D eigenvalue weighted by atomic mass is 16.6. The van der Waals surface area contributed by atoms with Crippen LogP contribution in [0.15, 0.2) is 23.3 Å². The predicted octanol–water partition coefficient (Wildman–Crippen LogP) is 0.446. The summed E-state index contributed by atoms with van der Waals surface area (Å²) in [4.78, 5) is 9.85. The molecule has 0 spiro atoms. The summed E-state index contributed by atoms with van der Waals surface area (Å²) in [7, 11) is 1.40. The van der Waals surface area contributed by atoms with E-state index < -0.39 is 4.92 Å². The van der Waals surface area contributed by atoms with Crippen LogP contribution >= 0.6 is 0 Å². The van der Waals surface area contributed by atoms with Crippen molar-refractivity contribution < 1.29 is 15.2 Å². The van der Waals surface area contributed by atoms with Crippen LogP contribution in [0.3, 0.4) is 0 Å². The molecular formula is C7H8N3O3+. The summed E-state index contributed by atoms with van der Waals surface area (Å²) >= 11 is 0. The fourth-order valence-electron chi connectivity index (χ4n) is 0.887. The van der Waals surface area contributed by atoms with Crippen LogP contribution in [0.25, 0.3) is 0 Å². The second kappa shape index (κ2) is 3.61. The van der Waals surface area contributed by atoms with Gasteiger partial charge in [0.05, 0.1) is 18.1 Å². The maximum absolute atomic E-state index is 10.4. The van der Waals surface area contributed by atoms with E-state index in [4.69, 9.17) is 10.3 Å². The first-order chi connectivity index (χ1) is 6.19. The minimum atomic E-state index is -0.511. The molecule has 0 aliphatic rings. The number of nitro benzene ring substituents is 1. The van der Waals surface area contributed by atoms with Crippen molar-refractivity contribution in [3.8, 4) is 5.75 Å². The van der Waals surface area contributed by atoms with Gasteiger partial charge in [-0.2, -0.15) is 5.53 Å². The van der Waals surface area contributed by atoms with Crippen LogP contribution in [-0.4, -0.2) is 12.0 Å². The highest BCUT2D eigenvalue weighted by molar-refractivity contribution is 5.56. The summed E-state index contributed by atoms with van der Waals surface area (Å²) in [6.07, 6.45) is 0. The van der Waals surface area contributed by atoms with Gasteiger partial charge >= 0.3 is 0 Å². The van der Waals surface area contributed by atoms with Gasteiger partial charge in [0.15, 0.2) is 11.4 Å². The van der Waals surface area contributed by atoms with Crippen LogP contribution in [0.4, 0.5) is 11.4 Å². The Bertz CT molecular complexity index is 351. The number of rotatable bonds is 3. The van der Waals surface area contributed by atoms with Gasteiger partial charge in [0.25, 0.3) is 5.69 Å². The highest BCUT2D eigenvalue weighted by Crippen LogP contribution is 2.30. The Morgan fingerprint density at radius 2 is 2.31 bits per heavy atom. The maximum Gasteiger partial charge on any atom is 0.273 e. The number of benzene rings is 1. The normalized spacial score (nSPS) is 9.31. The van der Waals surface area contributed by atoms with Gasteiger partial charge in [0.1, 0.15) is 0 Å². The average molecular weight is 182 g/mol. The molecule has 0 radical (unpaired) electrons. The summed E-state index contributed by atoms with van der Waals surface area (Å²) in [6, 6.07) is 4.01. The fourth-order valence-corrected chi connectivity index (χ4v) is 0.887. The third-order valence-electron chi connectivity index (χ3n) is 1.51. The van der Waals surface area contributed by atoms with E-state index in [1.54, 1.807) is 0 Å². The Morgan fingerprint density at radius 3 is 2.77 bits per heavy atom. The molecule has 0 amide bonds. The van der Waals surface area contributed by atoms with Crippen molar-refractivity contribution in [3.63, 3.8) is 0 Å². The molecule has 1 rings (SSSR count). The second-order valence-corrected chi connectivity index (χ2v) is 2.24. The molecule has 68 valence electrons. The molecule has 2 N–H and O–H groups in total. The molecule has 0 bridgehead atoms. The lowest BCUT2D eigenvalue weighted by Gasteiger charge is -1.99. The molecule has 1 aromatic carbocycles. The molecular weight excluding hydrogens is 174 g/mol. The second-order valence-electron chi connectivity index (χ2n) is 2.24. The monoisotopic (exact) mass is 182 g/mol. The van der Waals surface area contributed by atoms with Crippen molar-refractivity contribution >= 4 is 11.4 Å². The number of nitrogens with zero attached hydrogens (tertiary/aromatic N) is 2. The Kier molecular flexibility index (Phi) is 2.53. The van der Waals surface area contributed by atoms with E-state index in [0.717, 1.165) is 0 Å². The summed E-state index contributed by atoms with van der Waals surface area (Å²) in [6.45, 7) is 0. The van der Waals surface area contributed by atoms with E-state index in [0.29, 0.717) is 5.69 Å². The van der Waals surface area contributed by atoms with Gasteiger partial charge < -0.3 is 4.74 Å². The van der Waals surface area contributed by atoms with Gasteiger partial charge in [-0.3, -0.25) is 10.1 Å². The SMILES string of the molecule is COc1cc([N+](=O)[O-])ccc1N=[NH2+]. The van der Waals surface area contributed by atoms with Crippen molar-refractivity contribution in [1.82, 2.24) is 0 Å². The van der Waals surface area contributed by atoms with Crippen LogP contribution in [-0.2, 0) is 0 Å². The lowest BCUT2D eigenvalue weighted by Crippen LogP contribution is -2.22. The summed E-state index contributed by atoms with van der Waals surface area (Å²) in [5, 5.41) is 13.8. The average Bonchev–Trinajstić information content (AvgIpc) is 2.16. The molecule has 6 heteroatoms. The largest absolute Gasteiger partial charge is 0.494 e. The fraction of sp³-hybridized carbons (Fsp3) is 0.143. The van der Waals surface area contributed by atoms with Gasteiger partial charge in [0, 0.05) is 6.07 Å². The Morgan fingerprint density at radius 1 is 1.62 bits per heavy atom. The van der Waals surface area contributed by atoms with Crippen molar-refractivity contribution in [1.29, 1.82) is 0 Å². The predicted molar refractivity (Wildman–Crippen MR) is 43.7 cm³/mol. The lowest BCUT2D eigenvalue weighted by molar-refractivity contribution is -0.384. The number of methoxy groups -OCH3 is 1. The first-order valence-electron chi connectivity index (χ1n) is 3.42. The van der Waals surface area contributed by atoms with Gasteiger partial charge in [-0.25, -0.2) is 0 Å². The third kappa shape index (κ3) is 1.78. The third-order valence-corrected chi connectivity index (χ3v) is 1.51. The van der Waals surface area contributed by atoms with Crippen molar-refractivity contribution in [3.05, 3.63) is 28.3 Å². The van der Waals surface area contributed by atoms with Crippen LogP contribution in [0.1, 0.15) is 0 Å². The first kappa shape index (κ1) is 9.11. The molecule has 0 aliphatic heterocycles. The van der Waals surface area contributed by atoms with Crippen LogP contribution < -0.4 is 10.3 Å². The minimum Gasteiger partial charge on any atom is -0.494 e. The Hall–Kier alpha value is -1.98. The standard InChI is InChI=1S/C7H7N3O3/c1-13-7-4-5(10(11)12)2-3-6(7)9-8/h2-4,8H,1H3/p+1. The van der Waals surface area contributed by atoms with Gasteiger partial charge in [-0.1, -0.05) is 0 Å². The van der Waals surface area contributed by atoms with Crippen molar-refractivity contribution in [2.75, 3.05) is 7.11 Å². The Labute approximate surface area is 73.8 Å². The van der Waals surface area contributed by atoms with Crippen LogP contribution in [0.5, 0.6) is 5.75 Å². The van der Waals surface area contributed by atoms with E-state index in [-0.39, 0.29) is 11.4 Å². The lowest BCUT2D eigenvalue weighted by atomic mass is 10.2. The number of hydrogen-bond donors (Lipinski definition) is 1. The van der Waals surface area contributed by atoms with Gasteiger partial charge in [0.2, 0.25) is 0 Å². The van der Waals surface area contributed by atoms with Gasteiger partial charge in [-0.05, 0) is 11.2 Å². The number of non-ortho nitro benzene ring substituents is 1. The van der Waals surface area contributed by atoms with E-state index in [2.05, 4.69) is 5.11 Å². The molecule has 1 aromatic rings. The van der Waals surface area contributed by atoms with Crippen LogP contribution in [0.2, 0.25) is 0 Å². The van der Waals surface area contributed by atoms with E-state index >= 15 is 0 Å². The summed E-state index contributed by atoms with van der Waals surface area (Å²) in [5.74, 6) is 0.289. The molecule has 0 aliphatic carbocycles. The number of ether oxygens (including phenoxy) is 1. The number of hydrogen-bond acceptors (Lipinski definition) is 4. The zero-order valence-electron chi connectivity index (χ0n) is 6.93. The summed E-state index contributed by atoms with van der Waals surface area (Å²) < 4.78 is 4.85. The van der Waals surface area contributed by atoms with Gasteiger partial charge in [-0.15, -0.1) is 0 Å². The summed E-state index contributed by atoms with van der Waals surface area (Å²) in [5.41, 5.74) is 5.36. The maximum atomic E-state index is 10.4. The van der Waals surface area contributed by atoms with Crippen molar-refractivity contribution in [2.24, 2.45) is 5.11 Å². The molecule has 0 atom stereocenters. The van der Waals surface area contributed by atoms with E-state index in [1.807, 2.05) is 0 Å². The Balaban J connectivity index is 3.20. The smallest absolute Gasteiger partial charge is 0.273 e. The molecule has 0 unspecified atom stereocenters. The zero-order chi connectivity index (χ0) is 9.84. The van der Waals surface area contributed by atoms with E-state index in [1.165, 1.54) is 25.3 Å². The molecule has 6 nitrogen and oxygen atoms in total. The molecule has 0 fully saturated rings. The topological polar surface area (TPSA) is 90.3 Å². The molecule has 0 saturated carbocycles. The number of nitro groups is 1. The number of nitrogens with two attached hydrogens (primary N) is 1. The molecule has 0 heterocycles. The zero-order valence-corrected chi connectivity index (χ0v) is 6.93. The molecule has 13 heavy (non-hydrogen) atoms. The molecule has 0 aromatic heterocycles. The highest BCUT2D eigenvalue weighted by Gasteiger charge is 2.11. The first-order valence-corrected chi connectivity index (χ1v) is 3.42. The van der Waals surface area contributed by atoms with Crippen molar-refractivity contribution in [2.45, 2.75) is 0 Å². The van der Waals surface area contributed by atoms with E-state index in [9.17, 15) is 10.1 Å². The quantitative estimate of drug-likeness (QED) is 0.418.